The van der Waals surface area contributed by atoms with E-state index in [0.29, 0.717) is 25.3 Å². The second kappa shape index (κ2) is 8.27. The molecule has 4 fully saturated rings. The van der Waals surface area contributed by atoms with Crippen molar-refractivity contribution in [3.8, 4) is 0 Å². The largest absolute Gasteiger partial charge is 0.352 e. The molecule has 2 aliphatic heterocycles. The maximum absolute atomic E-state index is 14.3. The fraction of sp³-hybridized carbons (Fsp3) is 0.905. The van der Waals surface area contributed by atoms with Gasteiger partial charge in [0.05, 0.1) is 12.6 Å². The summed E-state index contributed by atoms with van der Waals surface area (Å²) in [5.74, 6) is 0.623. The topological polar surface area (TPSA) is 64.7 Å². The zero-order valence-electron chi connectivity index (χ0n) is 17.2. The van der Waals surface area contributed by atoms with Crippen LogP contribution in [0.3, 0.4) is 0 Å². The first-order valence-electron chi connectivity index (χ1n) is 11.1. The van der Waals surface area contributed by atoms with Gasteiger partial charge in [0.2, 0.25) is 11.8 Å². The molecular weight excluding hydrogens is 359 g/mol. The van der Waals surface area contributed by atoms with Crippen molar-refractivity contribution in [2.45, 2.75) is 82.2 Å². The van der Waals surface area contributed by atoms with Gasteiger partial charge < -0.3 is 15.5 Å². The van der Waals surface area contributed by atoms with Crippen molar-refractivity contribution in [2.75, 3.05) is 26.7 Å². The summed E-state index contributed by atoms with van der Waals surface area (Å²) in [5, 5.41) is 6.65. The van der Waals surface area contributed by atoms with Crippen molar-refractivity contribution in [3.05, 3.63) is 0 Å². The van der Waals surface area contributed by atoms with Crippen molar-refractivity contribution in [3.63, 3.8) is 0 Å². The van der Waals surface area contributed by atoms with Gasteiger partial charge in [-0.25, -0.2) is 4.39 Å². The maximum atomic E-state index is 14.3. The van der Waals surface area contributed by atoms with E-state index < -0.39 is 6.17 Å². The molecule has 0 aromatic rings. The number of carbonyl (C=O) groups is 2. The predicted octanol–water partition coefficient (Wildman–Crippen LogP) is 1.30. The molecule has 158 valence electrons. The van der Waals surface area contributed by atoms with Gasteiger partial charge in [0.15, 0.2) is 0 Å². The lowest BCUT2D eigenvalue weighted by Gasteiger charge is -2.41. The summed E-state index contributed by atoms with van der Waals surface area (Å²) in [4.78, 5) is 29.4. The summed E-state index contributed by atoms with van der Waals surface area (Å²) < 4.78 is 14.3. The highest BCUT2D eigenvalue weighted by molar-refractivity contribution is 5.82. The number of likely N-dealkylation sites (N-methyl/N-ethyl adjacent to an activating group) is 1. The Kier molecular flexibility index (Phi) is 5.93. The third-order valence-electron chi connectivity index (χ3n) is 7.54. The molecule has 6 nitrogen and oxygen atoms in total. The van der Waals surface area contributed by atoms with Crippen LogP contribution >= 0.6 is 0 Å². The molecule has 0 aromatic carbocycles. The lowest BCUT2D eigenvalue weighted by molar-refractivity contribution is -0.139. The van der Waals surface area contributed by atoms with E-state index in [1.807, 2.05) is 11.9 Å². The molecular formula is C21H35FN4O2. The minimum atomic E-state index is -0.784. The number of rotatable bonds is 3. The normalized spacial score (nSPS) is 42.3. The van der Waals surface area contributed by atoms with Gasteiger partial charge in [-0.1, -0.05) is 6.92 Å². The number of alkyl halides is 1. The van der Waals surface area contributed by atoms with Crippen molar-refractivity contribution in [2.24, 2.45) is 11.8 Å². The Balaban J connectivity index is 1.31. The van der Waals surface area contributed by atoms with Crippen LogP contribution in [0.4, 0.5) is 4.39 Å². The van der Waals surface area contributed by atoms with Crippen molar-refractivity contribution in [1.29, 1.82) is 0 Å². The number of nitrogens with one attached hydrogen (secondary N) is 2. The fourth-order valence-electron chi connectivity index (χ4n) is 5.87. The number of fused-ring (bicyclic) bond motifs is 1. The highest BCUT2D eigenvalue weighted by atomic mass is 19.1. The molecule has 0 spiro atoms. The van der Waals surface area contributed by atoms with E-state index in [4.69, 9.17) is 0 Å². The molecule has 2 heterocycles. The number of hydrogen-bond acceptors (Lipinski definition) is 4. The van der Waals surface area contributed by atoms with Crippen LogP contribution in [0.25, 0.3) is 0 Å². The smallest absolute Gasteiger partial charge is 0.237 e. The molecule has 2 N–H and O–H groups in total. The highest BCUT2D eigenvalue weighted by Gasteiger charge is 2.46. The van der Waals surface area contributed by atoms with Crippen LogP contribution < -0.4 is 10.6 Å². The van der Waals surface area contributed by atoms with Crippen LogP contribution in [0.5, 0.6) is 0 Å². The van der Waals surface area contributed by atoms with Crippen molar-refractivity contribution < 1.29 is 14.0 Å². The van der Waals surface area contributed by atoms with E-state index in [1.54, 1.807) is 0 Å². The lowest BCUT2D eigenvalue weighted by Crippen LogP contribution is -2.56. The standard InChI is InChI=1S/C21H35FN4O2/c1-13-6-7-17(22)16-11-18(24-20(13)16)21(28)23-14-4-3-5-15(10-14)26-9-8-25(2)12-19(26)27/h13-18,20,24H,3-12H2,1-2H3,(H,23,28)/t13?,14-,15-,16?,17?,18?,20?/m1/s1. The molecule has 0 aromatic heterocycles. The molecule has 4 aliphatic rings. The Bertz CT molecular complexity index is 585. The number of carbonyl (C=O) groups excluding carboxylic acids is 2. The van der Waals surface area contributed by atoms with Gasteiger partial charge >= 0.3 is 0 Å². The second-order valence-corrected chi connectivity index (χ2v) is 9.57. The molecule has 0 bridgehead atoms. The first kappa shape index (κ1) is 20.1. The van der Waals surface area contributed by atoms with Gasteiger partial charge in [-0.05, 0) is 57.9 Å². The predicted molar refractivity (Wildman–Crippen MR) is 106 cm³/mol. The zero-order chi connectivity index (χ0) is 19.8. The molecule has 4 rings (SSSR count). The summed E-state index contributed by atoms with van der Waals surface area (Å²) in [6.07, 6.45) is 5.20. The van der Waals surface area contributed by atoms with E-state index in [2.05, 4.69) is 22.5 Å². The second-order valence-electron chi connectivity index (χ2n) is 9.57. The molecule has 2 saturated carbocycles. The van der Waals surface area contributed by atoms with Crippen LogP contribution in [0.1, 0.15) is 51.9 Å². The van der Waals surface area contributed by atoms with Gasteiger partial charge in [0.1, 0.15) is 6.17 Å². The Morgan fingerprint density at radius 3 is 2.75 bits per heavy atom. The van der Waals surface area contributed by atoms with Crippen molar-refractivity contribution in [1.82, 2.24) is 20.4 Å². The molecule has 5 unspecified atom stereocenters. The molecule has 0 radical (unpaired) electrons. The van der Waals surface area contributed by atoms with Gasteiger partial charge in [0, 0.05) is 37.1 Å². The molecule has 28 heavy (non-hydrogen) atoms. The molecule has 2 saturated heterocycles. The maximum Gasteiger partial charge on any atom is 0.237 e. The third kappa shape index (κ3) is 4.06. The Morgan fingerprint density at radius 2 is 2.00 bits per heavy atom. The molecule has 7 atom stereocenters. The quantitative estimate of drug-likeness (QED) is 0.758. The van der Waals surface area contributed by atoms with Crippen LogP contribution in [-0.4, -0.2) is 78.6 Å². The first-order valence-corrected chi connectivity index (χ1v) is 11.1. The Labute approximate surface area is 167 Å². The van der Waals surface area contributed by atoms with Crippen LogP contribution in [-0.2, 0) is 9.59 Å². The summed E-state index contributed by atoms with van der Waals surface area (Å²) >= 11 is 0. The third-order valence-corrected chi connectivity index (χ3v) is 7.54. The average molecular weight is 395 g/mol. The average Bonchev–Trinajstić information content (AvgIpc) is 3.12. The summed E-state index contributed by atoms with van der Waals surface area (Å²) in [6, 6.07) is 0.192. The Hall–Kier alpha value is -1.21. The summed E-state index contributed by atoms with van der Waals surface area (Å²) in [7, 11) is 1.98. The van der Waals surface area contributed by atoms with E-state index >= 15 is 0 Å². The minimum Gasteiger partial charge on any atom is -0.352 e. The highest BCUT2D eigenvalue weighted by Crippen LogP contribution is 2.38. The number of hydrogen-bond donors (Lipinski definition) is 2. The minimum absolute atomic E-state index is 0.0177. The van der Waals surface area contributed by atoms with Gasteiger partial charge in [-0.2, -0.15) is 0 Å². The van der Waals surface area contributed by atoms with E-state index in [1.165, 1.54) is 0 Å². The van der Waals surface area contributed by atoms with Gasteiger partial charge in [-0.15, -0.1) is 0 Å². The molecule has 7 heteroatoms. The molecule has 2 amide bonds. The number of amides is 2. The summed E-state index contributed by atoms with van der Waals surface area (Å²) in [6.45, 7) is 4.35. The van der Waals surface area contributed by atoms with E-state index in [9.17, 15) is 14.0 Å². The molecule has 2 aliphatic carbocycles. The monoisotopic (exact) mass is 394 g/mol. The summed E-state index contributed by atoms with van der Waals surface area (Å²) in [5.41, 5.74) is 0. The van der Waals surface area contributed by atoms with Crippen molar-refractivity contribution >= 4 is 11.8 Å². The van der Waals surface area contributed by atoms with E-state index in [0.717, 1.165) is 45.2 Å². The zero-order valence-corrected chi connectivity index (χ0v) is 17.2. The van der Waals surface area contributed by atoms with Gasteiger partial charge in [-0.3, -0.25) is 14.5 Å². The number of piperazine rings is 1. The van der Waals surface area contributed by atoms with Crippen LogP contribution in [0, 0.1) is 11.8 Å². The Morgan fingerprint density at radius 1 is 1.18 bits per heavy atom. The number of halogens is 1. The van der Waals surface area contributed by atoms with E-state index in [-0.39, 0.29) is 41.9 Å². The fourth-order valence-corrected chi connectivity index (χ4v) is 5.87. The SMILES string of the molecule is CC1CCC(F)C2CC(C(=O)N[C@@H]3CCC[C@@H](N4CCN(C)CC4=O)C3)NC12. The first-order chi connectivity index (χ1) is 13.4. The lowest BCUT2D eigenvalue weighted by atomic mass is 9.77. The number of nitrogens with zero attached hydrogens (tertiary/aromatic N) is 2. The van der Waals surface area contributed by atoms with Crippen LogP contribution in [0.15, 0.2) is 0 Å². The van der Waals surface area contributed by atoms with Crippen LogP contribution in [0.2, 0.25) is 0 Å². The van der Waals surface area contributed by atoms with Gasteiger partial charge in [0.25, 0.3) is 0 Å².